The molecule has 1 aliphatic rings. The summed E-state index contributed by atoms with van der Waals surface area (Å²) in [6.45, 7) is 8.00. The summed E-state index contributed by atoms with van der Waals surface area (Å²) >= 11 is 0. The van der Waals surface area contributed by atoms with Crippen LogP contribution in [0.3, 0.4) is 0 Å². The van der Waals surface area contributed by atoms with Gasteiger partial charge in [-0.15, -0.1) is 0 Å². The summed E-state index contributed by atoms with van der Waals surface area (Å²) in [4.78, 5) is 6.94. The Kier molecular flexibility index (Phi) is 3.61. The van der Waals surface area contributed by atoms with Gasteiger partial charge in [0, 0.05) is 18.5 Å². The van der Waals surface area contributed by atoms with Gasteiger partial charge in [-0.2, -0.15) is 0 Å². The van der Waals surface area contributed by atoms with Gasteiger partial charge in [-0.1, -0.05) is 19.0 Å². The molecule has 1 saturated heterocycles. The lowest BCUT2D eigenvalue weighted by Gasteiger charge is -2.20. The number of nitrogens with zero attached hydrogens (tertiary/aromatic N) is 3. The van der Waals surface area contributed by atoms with Crippen LogP contribution in [0.15, 0.2) is 21.3 Å². The molecule has 0 bridgehead atoms. The molecule has 0 spiro atoms. The Morgan fingerprint density at radius 2 is 2.30 bits per heavy atom. The highest BCUT2D eigenvalue weighted by Crippen LogP contribution is 2.33. The van der Waals surface area contributed by atoms with Gasteiger partial charge in [-0.25, -0.2) is 4.98 Å². The fourth-order valence-corrected chi connectivity index (χ4v) is 2.75. The Morgan fingerprint density at radius 1 is 1.45 bits per heavy atom. The number of rotatable bonds is 4. The molecule has 1 atom stereocenters. The largest absolute Gasteiger partial charge is 0.448 e. The molecule has 1 aliphatic heterocycles. The maximum absolute atomic E-state index is 5.51. The zero-order chi connectivity index (χ0) is 14.1. The van der Waals surface area contributed by atoms with E-state index >= 15 is 0 Å². The van der Waals surface area contributed by atoms with Crippen molar-refractivity contribution < 1.29 is 8.94 Å². The minimum Gasteiger partial charge on any atom is -0.448 e. The lowest BCUT2D eigenvalue weighted by Crippen LogP contribution is -2.22. The molecule has 2 aromatic rings. The van der Waals surface area contributed by atoms with Gasteiger partial charge in [0.1, 0.15) is 6.26 Å². The third-order valence-electron chi connectivity index (χ3n) is 3.77. The maximum atomic E-state index is 5.51. The van der Waals surface area contributed by atoms with E-state index in [1.807, 2.05) is 13.0 Å². The van der Waals surface area contributed by atoms with Gasteiger partial charge in [-0.05, 0) is 26.3 Å². The lowest BCUT2D eigenvalue weighted by molar-refractivity contribution is 0.204. The number of aryl methyl sites for hydroxylation is 1. The van der Waals surface area contributed by atoms with Gasteiger partial charge in [-0.3, -0.25) is 4.90 Å². The van der Waals surface area contributed by atoms with Gasteiger partial charge >= 0.3 is 0 Å². The average Bonchev–Trinajstić information content (AvgIpc) is 3.09. The molecule has 3 rings (SSSR count). The molecule has 5 heteroatoms. The summed E-state index contributed by atoms with van der Waals surface area (Å²) in [5.74, 6) is 2.11. The normalized spacial score (nSPS) is 20.1. The predicted octanol–water partition coefficient (Wildman–Crippen LogP) is 3.43. The van der Waals surface area contributed by atoms with E-state index in [2.05, 4.69) is 28.9 Å². The average molecular weight is 275 g/mol. The van der Waals surface area contributed by atoms with E-state index in [0.717, 1.165) is 42.5 Å². The molecule has 20 heavy (non-hydrogen) atoms. The molecule has 0 unspecified atom stereocenters. The number of likely N-dealkylation sites (tertiary alicyclic amines) is 1. The fourth-order valence-electron chi connectivity index (χ4n) is 2.75. The molecule has 2 aromatic heterocycles. The van der Waals surface area contributed by atoms with Crippen molar-refractivity contribution in [3.8, 4) is 0 Å². The van der Waals surface area contributed by atoms with Gasteiger partial charge in [0.05, 0.1) is 17.4 Å². The van der Waals surface area contributed by atoms with Gasteiger partial charge < -0.3 is 8.94 Å². The Bertz CT molecular complexity index is 573. The molecule has 1 fully saturated rings. The molecule has 0 aromatic carbocycles. The topological polar surface area (TPSA) is 55.3 Å². The summed E-state index contributed by atoms with van der Waals surface area (Å²) in [6, 6.07) is 2.35. The number of hydrogen-bond acceptors (Lipinski definition) is 5. The van der Waals surface area contributed by atoms with Crippen molar-refractivity contribution in [2.45, 2.75) is 52.1 Å². The van der Waals surface area contributed by atoms with Gasteiger partial charge in [0.15, 0.2) is 11.7 Å². The van der Waals surface area contributed by atoms with Crippen LogP contribution >= 0.6 is 0 Å². The SMILES string of the molecule is Cc1cc([C@@H]2CCCN2Cc2coc(C(C)C)n2)on1. The second kappa shape index (κ2) is 5.40. The lowest BCUT2D eigenvalue weighted by atomic mass is 10.1. The number of hydrogen-bond donors (Lipinski definition) is 0. The molecular weight excluding hydrogens is 254 g/mol. The predicted molar refractivity (Wildman–Crippen MR) is 74.2 cm³/mol. The summed E-state index contributed by atoms with van der Waals surface area (Å²) in [6.07, 6.45) is 4.07. The highest BCUT2D eigenvalue weighted by Gasteiger charge is 2.29. The fraction of sp³-hybridized carbons (Fsp3) is 0.600. The van der Waals surface area contributed by atoms with E-state index in [1.165, 1.54) is 6.42 Å². The second-order valence-electron chi connectivity index (χ2n) is 5.83. The third-order valence-corrected chi connectivity index (χ3v) is 3.77. The molecule has 0 amide bonds. The molecule has 5 nitrogen and oxygen atoms in total. The first kappa shape index (κ1) is 13.4. The zero-order valence-electron chi connectivity index (χ0n) is 12.3. The van der Waals surface area contributed by atoms with Gasteiger partial charge in [0.2, 0.25) is 0 Å². The van der Waals surface area contributed by atoms with Crippen molar-refractivity contribution in [2.75, 3.05) is 6.54 Å². The quantitative estimate of drug-likeness (QED) is 0.855. The van der Waals surface area contributed by atoms with Crippen LogP contribution in [0.25, 0.3) is 0 Å². The van der Waals surface area contributed by atoms with Crippen molar-refractivity contribution in [3.63, 3.8) is 0 Å². The monoisotopic (exact) mass is 275 g/mol. The van der Waals surface area contributed by atoms with Crippen molar-refractivity contribution in [3.05, 3.63) is 35.4 Å². The molecular formula is C15H21N3O2. The molecule has 0 aliphatic carbocycles. The van der Waals surface area contributed by atoms with Crippen LogP contribution in [-0.2, 0) is 6.54 Å². The third kappa shape index (κ3) is 2.63. The van der Waals surface area contributed by atoms with Crippen LogP contribution < -0.4 is 0 Å². The Labute approximate surface area is 119 Å². The zero-order valence-corrected chi connectivity index (χ0v) is 12.3. The summed E-state index contributed by atoms with van der Waals surface area (Å²) in [5.41, 5.74) is 1.94. The highest BCUT2D eigenvalue weighted by atomic mass is 16.5. The van der Waals surface area contributed by atoms with Crippen LogP contribution in [0.4, 0.5) is 0 Å². The van der Waals surface area contributed by atoms with Crippen LogP contribution in [-0.4, -0.2) is 21.6 Å². The van der Waals surface area contributed by atoms with E-state index in [4.69, 9.17) is 8.94 Å². The molecule has 3 heterocycles. The maximum Gasteiger partial charge on any atom is 0.196 e. The summed E-state index contributed by atoms with van der Waals surface area (Å²) in [7, 11) is 0. The Balaban J connectivity index is 1.72. The van der Waals surface area contributed by atoms with E-state index in [0.29, 0.717) is 12.0 Å². The highest BCUT2D eigenvalue weighted by molar-refractivity contribution is 5.10. The Morgan fingerprint density at radius 3 is 2.95 bits per heavy atom. The molecule has 0 N–H and O–H groups in total. The first-order valence-corrected chi connectivity index (χ1v) is 7.25. The van der Waals surface area contributed by atoms with Gasteiger partial charge in [0.25, 0.3) is 0 Å². The van der Waals surface area contributed by atoms with E-state index < -0.39 is 0 Å². The smallest absolute Gasteiger partial charge is 0.196 e. The van der Waals surface area contributed by atoms with E-state index in [9.17, 15) is 0 Å². The minimum atomic E-state index is 0.315. The van der Waals surface area contributed by atoms with Crippen molar-refractivity contribution in [1.82, 2.24) is 15.0 Å². The molecule has 108 valence electrons. The van der Waals surface area contributed by atoms with Crippen LogP contribution in [0.1, 0.15) is 61.7 Å². The van der Waals surface area contributed by atoms with Crippen LogP contribution in [0.5, 0.6) is 0 Å². The minimum absolute atomic E-state index is 0.315. The molecule has 0 saturated carbocycles. The molecule has 0 radical (unpaired) electrons. The standard InChI is InChI=1S/C15H21N3O2/c1-10(2)15-16-12(9-19-15)8-18-6-4-5-13(18)14-7-11(3)17-20-14/h7,9-10,13H,4-6,8H2,1-3H3/t13-/m0/s1. The van der Waals surface area contributed by atoms with E-state index in [1.54, 1.807) is 6.26 Å². The van der Waals surface area contributed by atoms with Crippen molar-refractivity contribution in [1.29, 1.82) is 0 Å². The second-order valence-corrected chi connectivity index (χ2v) is 5.83. The van der Waals surface area contributed by atoms with Crippen molar-refractivity contribution in [2.24, 2.45) is 0 Å². The van der Waals surface area contributed by atoms with Crippen LogP contribution in [0, 0.1) is 6.92 Å². The number of aromatic nitrogens is 2. The Hall–Kier alpha value is -1.62. The first-order chi connectivity index (χ1) is 9.63. The first-order valence-electron chi connectivity index (χ1n) is 7.25. The van der Waals surface area contributed by atoms with Crippen molar-refractivity contribution >= 4 is 0 Å². The number of oxazole rings is 1. The van der Waals surface area contributed by atoms with Crippen LogP contribution in [0.2, 0.25) is 0 Å². The summed E-state index contributed by atoms with van der Waals surface area (Å²) < 4.78 is 10.9. The van der Waals surface area contributed by atoms with E-state index in [-0.39, 0.29) is 0 Å². The summed E-state index contributed by atoms with van der Waals surface area (Å²) in [5, 5.41) is 3.99.